The quantitative estimate of drug-likeness (QED) is 0.443. The Bertz CT molecular complexity index is 1310. The predicted octanol–water partition coefficient (Wildman–Crippen LogP) is 5.10. The fourth-order valence-electron chi connectivity index (χ4n) is 4.06. The summed E-state index contributed by atoms with van der Waals surface area (Å²) in [6.07, 6.45) is 0. The van der Waals surface area contributed by atoms with E-state index in [0.717, 1.165) is 0 Å². The van der Waals surface area contributed by atoms with Crippen molar-refractivity contribution in [3.63, 3.8) is 0 Å². The van der Waals surface area contributed by atoms with Crippen LogP contribution in [0.3, 0.4) is 0 Å². The zero-order valence-electron chi connectivity index (χ0n) is 18.3. The second kappa shape index (κ2) is 7.39. The molecule has 0 aliphatic carbocycles. The molecule has 4 rings (SSSR count). The molecule has 9 heteroatoms. The van der Waals surface area contributed by atoms with Crippen LogP contribution in [0.25, 0.3) is 0 Å². The van der Waals surface area contributed by atoms with Gasteiger partial charge in [-0.1, -0.05) is 32.4 Å². The van der Waals surface area contributed by atoms with Crippen LogP contribution >= 0.6 is 23.2 Å². The summed E-state index contributed by atoms with van der Waals surface area (Å²) in [6, 6.07) is 6.19. The minimum Gasteiger partial charge on any atom is -0.447 e. The molecule has 7 nitrogen and oxygen atoms in total. The number of carbonyl (C=O) groups is 1. The van der Waals surface area contributed by atoms with Crippen LogP contribution in [0.1, 0.15) is 62.3 Å². The molecule has 1 aliphatic rings. The fourth-order valence-corrected chi connectivity index (χ4v) is 4.61. The smallest absolute Gasteiger partial charge is 0.254 e. The molecule has 1 aromatic heterocycles. The standard InChI is InChI=1S/C23H23Cl2N3O4/c1-22(2,3)20(12-8-9-13(25)32-12)27-17-16(18(29)19(17)30)26-11-7-6-10(24)15-14(11)21(31)28-23(15,4)5/h6-9,20,26-27H,1-5H3,(H,28,31)/t20-/m0/s1. The van der Waals surface area contributed by atoms with E-state index in [0.29, 0.717) is 27.6 Å². The van der Waals surface area contributed by atoms with Gasteiger partial charge in [-0.3, -0.25) is 14.4 Å². The molecule has 0 saturated heterocycles. The average molecular weight is 476 g/mol. The molecule has 0 fully saturated rings. The number of anilines is 3. The van der Waals surface area contributed by atoms with Crippen LogP contribution in [0.2, 0.25) is 10.2 Å². The summed E-state index contributed by atoms with van der Waals surface area (Å²) in [5.41, 5.74) is -0.736. The van der Waals surface area contributed by atoms with Crippen molar-refractivity contribution < 1.29 is 9.21 Å². The second-order valence-electron chi connectivity index (χ2n) is 9.54. The molecule has 1 amide bonds. The van der Waals surface area contributed by atoms with Crippen LogP contribution in [-0.4, -0.2) is 5.91 Å². The molecule has 3 aromatic rings. The van der Waals surface area contributed by atoms with Gasteiger partial charge in [0.2, 0.25) is 0 Å². The number of benzene rings is 1. The molecule has 0 spiro atoms. The molecule has 0 bridgehead atoms. The van der Waals surface area contributed by atoms with Crippen LogP contribution in [-0.2, 0) is 5.54 Å². The SMILES string of the molecule is CC1(C)NC(=O)c2c(Nc3c(N[C@@H](c4ccc(Cl)o4)C(C)(C)C)c(=O)c3=O)ccc(Cl)c21. The molecule has 0 radical (unpaired) electrons. The van der Waals surface area contributed by atoms with E-state index in [1.807, 2.05) is 34.6 Å². The molecular formula is C23H23Cl2N3O4. The summed E-state index contributed by atoms with van der Waals surface area (Å²) in [5.74, 6) is 0.232. The van der Waals surface area contributed by atoms with Gasteiger partial charge >= 0.3 is 0 Å². The maximum absolute atomic E-state index is 12.6. The zero-order chi connectivity index (χ0) is 23.6. The van der Waals surface area contributed by atoms with E-state index in [9.17, 15) is 14.4 Å². The van der Waals surface area contributed by atoms with Gasteiger partial charge in [0, 0.05) is 10.6 Å². The van der Waals surface area contributed by atoms with Crippen molar-refractivity contribution in [3.05, 3.63) is 71.8 Å². The molecule has 168 valence electrons. The first-order chi connectivity index (χ1) is 14.8. The van der Waals surface area contributed by atoms with Crippen molar-refractivity contribution in [2.45, 2.75) is 46.2 Å². The molecule has 0 saturated carbocycles. The Morgan fingerprint density at radius 3 is 2.25 bits per heavy atom. The normalized spacial score (nSPS) is 16.0. The van der Waals surface area contributed by atoms with Crippen molar-refractivity contribution >= 4 is 46.2 Å². The van der Waals surface area contributed by atoms with Crippen LogP contribution in [0, 0.1) is 5.41 Å². The minimum atomic E-state index is -0.668. The summed E-state index contributed by atoms with van der Waals surface area (Å²) in [5, 5.41) is 9.69. The predicted molar refractivity (Wildman–Crippen MR) is 126 cm³/mol. The highest BCUT2D eigenvalue weighted by molar-refractivity contribution is 6.32. The van der Waals surface area contributed by atoms with Gasteiger partial charge in [-0.25, -0.2) is 0 Å². The highest BCUT2D eigenvalue weighted by Gasteiger charge is 2.40. The van der Waals surface area contributed by atoms with Crippen LogP contribution in [0.4, 0.5) is 17.1 Å². The number of hydrogen-bond donors (Lipinski definition) is 3. The first-order valence-electron chi connectivity index (χ1n) is 10.1. The molecule has 1 atom stereocenters. The molecule has 3 N–H and O–H groups in total. The summed E-state index contributed by atoms with van der Waals surface area (Å²) in [7, 11) is 0. The van der Waals surface area contributed by atoms with Gasteiger partial charge < -0.3 is 20.4 Å². The van der Waals surface area contributed by atoms with Crippen molar-refractivity contribution in [2.75, 3.05) is 10.6 Å². The average Bonchev–Trinajstić information content (AvgIpc) is 3.21. The Kier molecular flexibility index (Phi) is 5.18. The lowest BCUT2D eigenvalue weighted by atomic mass is 9.84. The fraction of sp³-hybridized carbons (Fsp3) is 0.348. The largest absolute Gasteiger partial charge is 0.447 e. The number of halogens is 2. The third-order valence-corrected chi connectivity index (χ3v) is 6.15. The Balaban J connectivity index is 1.73. The highest BCUT2D eigenvalue weighted by atomic mass is 35.5. The van der Waals surface area contributed by atoms with E-state index in [2.05, 4.69) is 16.0 Å². The number of rotatable bonds is 5. The monoisotopic (exact) mass is 475 g/mol. The molecular weight excluding hydrogens is 453 g/mol. The van der Waals surface area contributed by atoms with E-state index < -0.39 is 22.4 Å². The summed E-state index contributed by atoms with van der Waals surface area (Å²) in [4.78, 5) is 37.5. The van der Waals surface area contributed by atoms with Crippen molar-refractivity contribution in [2.24, 2.45) is 5.41 Å². The highest BCUT2D eigenvalue weighted by Crippen LogP contribution is 2.42. The van der Waals surface area contributed by atoms with Crippen molar-refractivity contribution in [1.82, 2.24) is 5.32 Å². The Morgan fingerprint density at radius 1 is 1.00 bits per heavy atom. The van der Waals surface area contributed by atoms with E-state index in [4.69, 9.17) is 27.6 Å². The third-order valence-electron chi connectivity index (χ3n) is 5.64. The second-order valence-corrected chi connectivity index (χ2v) is 10.3. The van der Waals surface area contributed by atoms with Crippen molar-refractivity contribution in [3.8, 4) is 0 Å². The zero-order valence-corrected chi connectivity index (χ0v) is 19.8. The van der Waals surface area contributed by atoms with Gasteiger partial charge in [0.1, 0.15) is 17.1 Å². The van der Waals surface area contributed by atoms with Gasteiger partial charge in [-0.15, -0.1) is 0 Å². The van der Waals surface area contributed by atoms with Crippen LogP contribution in [0.5, 0.6) is 0 Å². The number of furan rings is 1. The van der Waals surface area contributed by atoms with E-state index in [1.165, 1.54) is 0 Å². The maximum Gasteiger partial charge on any atom is 0.254 e. The number of amides is 1. The van der Waals surface area contributed by atoms with Crippen LogP contribution in [0.15, 0.2) is 38.3 Å². The molecule has 1 aliphatic heterocycles. The summed E-state index contributed by atoms with van der Waals surface area (Å²) in [6.45, 7) is 9.60. The molecule has 2 heterocycles. The first-order valence-corrected chi connectivity index (χ1v) is 10.8. The van der Waals surface area contributed by atoms with Gasteiger partial charge in [0.25, 0.3) is 16.8 Å². The van der Waals surface area contributed by atoms with Gasteiger partial charge in [-0.2, -0.15) is 0 Å². The Labute approximate surface area is 194 Å². The first kappa shape index (κ1) is 22.4. The molecule has 32 heavy (non-hydrogen) atoms. The summed E-state index contributed by atoms with van der Waals surface area (Å²) < 4.78 is 5.56. The number of fused-ring (bicyclic) bond motifs is 1. The van der Waals surface area contributed by atoms with E-state index >= 15 is 0 Å². The Hall–Kier alpha value is -2.77. The third kappa shape index (κ3) is 3.59. The number of nitrogens with one attached hydrogen (secondary N) is 3. The van der Waals surface area contributed by atoms with E-state index in [1.54, 1.807) is 24.3 Å². The van der Waals surface area contributed by atoms with Gasteiger partial charge in [0.05, 0.1) is 22.8 Å². The van der Waals surface area contributed by atoms with Crippen molar-refractivity contribution in [1.29, 1.82) is 0 Å². The van der Waals surface area contributed by atoms with Crippen LogP contribution < -0.4 is 26.8 Å². The lowest BCUT2D eigenvalue weighted by Gasteiger charge is -2.31. The maximum atomic E-state index is 12.6. The van der Waals surface area contributed by atoms with E-state index in [-0.39, 0.29) is 27.9 Å². The molecule has 0 unspecified atom stereocenters. The minimum absolute atomic E-state index is 0.0870. The lowest BCUT2D eigenvalue weighted by Crippen LogP contribution is -2.39. The number of carbonyl (C=O) groups excluding carboxylic acids is 1. The molecule has 2 aromatic carbocycles. The summed E-state index contributed by atoms with van der Waals surface area (Å²) >= 11 is 12.3. The lowest BCUT2D eigenvalue weighted by molar-refractivity contribution is 0.0941. The Morgan fingerprint density at radius 2 is 1.66 bits per heavy atom. The topological polar surface area (TPSA) is 100 Å². The number of hydrogen-bond acceptors (Lipinski definition) is 6. The van der Waals surface area contributed by atoms with Gasteiger partial charge in [-0.05, 0) is 55.1 Å². The van der Waals surface area contributed by atoms with Gasteiger partial charge in [0.15, 0.2) is 5.22 Å².